The third-order valence-corrected chi connectivity index (χ3v) is 3.17. The van der Waals surface area contributed by atoms with Crippen LogP contribution in [0.1, 0.15) is 12.0 Å². The summed E-state index contributed by atoms with van der Waals surface area (Å²) in [7, 11) is 1.51. The van der Waals surface area contributed by atoms with Crippen LogP contribution in [0.2, 0.25) is 0 Å². The van der Waals surface area contributed by atoms with E-state index in [4.69, 9.17) is 10.00 Å². The molecule has 0 aliphatic rings. The van der Waals surface area contributed by atoms with Gasteiger partial charge in [-0.05, 0) is 24.3 Å². The van der Waals surface area contributed by atoms with E-state index in [-0.39, 0.29) is 18.5 Å². The van der Waals surface area contributed by atoms with E-state index in [0.717, 1.165) is 6.08 Å². The maximum atomic E-state index is 13.4. The number of carbonyl (C=O) groups is 2. The molecule has 0 saturated carbocycles. The molecule has 1 aromatic carbocycles. The summed E-state index contributed by atoms with van der Waals surface area (Å²) in [5.74, 6) is -1.63. The molecule has 5 nitrogen and oxygen atoms in total. The van der Waals surface area contributed by atoms with Crippen molar-refractivity contribution in [2.45, 2.75) is 6.42 Å². The minimum Gasteiger partial charge on any atom is -0.452 e. The van der Waals surface area contributed by atoms with Crippen LogP contribution in [0.25, 0.3) is 6.08 Å². The van der Waals surface area contributed by atoms with Gasteiger partial charge in [-0.2, -0.15) is 5.26 Å². The summed E-state index contributed by atoms with van der Waals surface area (Å²) in [5.41, 5.74) is 0.226. The fourth-order valence-electron chi connectivity index (χ4n) is 1.43. The second kappa shape index (κ2) is 8.95. The van der Waals surface area contributed by atoms with Gasteiger partial charge in [0.1, 0.15) is 5.82 Å². The van der Waals surface area contributed by atoms with Crippen LogP contribution >= 0.6 is 15.9 Å². The topological polar surface area (TPSA) is 70.4 Å². The Morgan fingerprint density at radius 1 is 1.50 bits per heavy atom. The Bertz CT molecular complexity index is 626. The summed E-state index contributed by atoms with van der Waals surface area (Å²) >= 11 is 3.20. The number of hydrogen-bond acceptors (Lipinski definition) is 4. The smallest absolute Gasteiger partial charge is 0.331 e. The van der Waals surface area contributed by atoms with E-state index in [2.05, 4.69) is 15.9 Å². The second-order valence-corrected chi connectivity index (χ2v) is 5.25. The average molecular weight is 369 g/mol. The van der Waals surface area contributed by atoms with Gasteiger partial charge < -0.3 is 9.64 Å². The van der Waals surface area contributed by atoms with Crippen molar-refractivity contribution in [1.29, 1.82) is 5.26 Å². The van der Waals surface area contributed by atoms with Crippen molar-refractivity contribution in [3.05, 3.63) is 40.1 Å². The van der Waals surface area contributed by atoms with Crippen LogP contribution in [0.4, 0.5) is 4.39 Å². The van der Waals surface area contributed by atoms with Crippen molar-refractivity contribution in [3.63, 3.8) is 0 Å². The van der Waals surface area contributed by atoms with Gasteiger partial charge in [0.25, 0.3) is 5.91 Å². The molecule has 0 radical (unpaired) electrons. The zero-order chi connectivity index (χ0) is 16.5. The third-order valence-electron chi connectivity index (χ3n) is 2.68. The molecule has 0 aromatic heterocycles. The summed E-state index contributed by atoms with van der Waals surface area (Å²) in [4.78, 5) is 24.4. The van der Waals surface area contributed by atoms with Crippen molar-refractivity contribution in [1.82, 2.24) is 4.90 Å². The quantitative estimate of drug-likeness (QED) is 0.571. The number of amides is 1. The monoisotopic (exact) mass is 368 g/mol. The zero-order valence-electron chi connectivity index (χ0n) is 11.9. The van der Waals surface area contributed by atoms with Crippen molar-refractivity contribution < 1.29 is 18.7 Å². The summed E-state index contributed by atoms with van der Waals surface area (Å²) < 4.78 is 18.9. The highest BCUT2D eigenvalue weighted by Gasteiger charge is 2.10. The predicted molar refractivity (Wildman–Crippen MR) is 82.0 cm³/mol. The number of halogens is 2. The Hall–Kier alpha value is -2.20. The first-order chi connectivity index (χ1) is 10.4. The second-order valence-electron chi connectivity index (χ2n) is 4.33. The van der Waals surface area contributed by atoms with Crippen LogP contribution in [0.5, 0.6) is 0 Å². The van der Waals surface area contributed by atoms with E-state index in [0.29, 0.717) is 4.47 Å². The molecule has 116 valence electrons. The largest absolute Gasteiger partial charge is 0.452 e. The number of hydrogen-bond donors (Lipinski definition) is 0. The number of nitriles is 1. The van der Waals surface area contributed by atoms with Crippen LogP contribution in [0, 0.1) is 17.1 Å². The lowest BCUT2D eigenvalue weighted by Crippen LogP contribution is -2.31. The summed E-state index contributed by atoms with van der Waals surface area (Å²) in [6.07, 6.45) is 2.53. The molecule has 7 heteroatoms. The minimum absolute atomic E-state index is 0.207. The standard InChI is InChI=1S/C15H14BrFN2O3/c1-19(8-2-7-18)14(20)10-22-15(21)6-3-11-9-12(16)4-5-13(11)17/h3-6,9H,2,8,10H2,1H3/b6-3+. The lowest BCUT2D eigenvalue weighted by Gasteiger charge is -2.14. The first-order valence-corrected chi connectivity index (χ1v) is 7.14. The van der Waals surface area contributed by atoms with E-state index in [9.17, 15) is 14.0 Å². The number of ether oxygens (including phenoxy) is 1. The molecule has 1 amide bonds. The van der Waals surface area contributed by atoms with Gasteiger partial charge in [-0.15, -0.1) is 0 Å². The average Bonchev–Trinajstić information content (AvgIpc) is 2.50. The highest BCUT2D eigenvalue weighted by atomic mass is 79.9. The first-order valence-electron chi connectivity index (χ1n) is 6.35. The molecule has 0 saturated heterocycles. The summed E-state index contributed by atoms with van der Waals surface area (Å²) in [6.45, 7) is -0.155. The van der Waals surface area contributed by atoms with Gasteiger partial charge in [0, 0.05) is 29.7 Å². The normalized spacial score (nSPS) is 10.3. The Morgan fingerprint density at radius 3 is 2.91 bits per heavy atom. The Balaban J connectivity index is 2.49. The lowest BCUT2D eigenvalue weighted by atomic mass is 10.2. The molecule has 0 heterocycles. The van der Waals surface area contributed by atoms with Crippen molar-refractivity contribution in [2.75, 3.05) is 20.2 Å². The zero-order valence-corrected chi connectivity index (χ0v) is 13.5. The first kappa shape index (κ1) is 17.9. The number of esters is 1. The van der Waals surface area contributed by atoms with Crippen LogP contribution in [0.3, 0.4) is 0 Å². The van der Waals surface area contributed by atoms with Gasteiger partial charge in [0.15, 0.2) is 6.61 Å². The number of carbonyl (C=O) groups excluding carboxylic acids is 2. The SMILES string of the molecule is CN(CCC#N)C(=O)COC(=O)/C=C/c1cc(Br)ccc1F. The summed E-state index contributed by atoms with van der Waals surface area (Å²) in [5, 5.41) is 8.42. The predicted octanol–water partition coefficient (Wildman–Crippen LogP) is 2.52. The molecule has 0 spiro atoms. The van der Waals surface area contributed by atoms with Gasteiger partial charge in [-0.3, -0.25) is 4.79 Å². The van der Waals surface area contributed by atoms with E-state index in [1.165, 1.54) is 30.2 Å². The maximum Gasteiger partial charge on any atom is 0.331 e. The molecule has 1 rings (SSSR count). The lowest BCUT2D eigenvalue weighted by molar-refractivity contribution is -0.147. The van der Waals surface area contributed by atoms with E-state index < -0.39 is 24.3 Å². The fourth-order valence-corrected chi connectivity index (χ4v) is 1.81. The molecule has 0 bridgehead atoms. The molecule has 1 aromatic rings. The van der Waals surface area contributed by atoms with Gasteiger partial charge in [-0.1, -0.05) is 15.9 Å². The Kier molecular flexibility index (Phi) is 7.26. The van der Waals surface area contributed by atoms with Crippen LogP contribution in [0.15, 0.2) is 28.7 Å². The molecular weight excluding hydrogens is 355 g/mol. The van der Waals surface area contributed by atoms with Crippen LogP contribution in [-0.4, -0.2) is 37.0 Å². The number of nitrogens with zero attached hydrogens (tertiary/aromatic N) is 2. The molecular formula is C15H14BrFN2O3. The van der Waals surface area contributed by atoms with Crippen LogP contribution in [-0.2, 0) is 14.3 Å². The highest BCUT2D eigenvalue weighted by molar-refractivity contribution is 9.10. The summed E-state index contributed by atoms with van der Waals surface area (Å²) in [6, 6.07) is 6.24. The maximum absolute atomic E-state index is 13.4. The fraction of sp³-hybridized carbons (Fsp3) is 0.267. The van der Waals surface area contributed by atoms with E-state index in [1.54, 1.807) is 6.07 Å². The highest BCUT2D eigenvalue weighted by Crippen LogP contribution is 2.16. The van der Waals surface area contributed by atoms with Gasteiger partial charge in [-0.25, -0.2) is 9.18 Å². The number of benzene rings is 1. The van der Waals surface area contributed by atoms with Gasteiger partial charge >= 0.3 is 5.97 Å². The van der Waals surface area contributed by atoms with Crippen molar-refractivity contribution in [2.24, 2.45) is 0 Å². The molecule has 0 fully saturated rings. The van der Waals surface area contributed by atoms with Crippen molar-refractivity contribution >= 4 is 33.9 Å². The van der Waals surface area contributed by atoms with E-state index in [1.807, 2.05) is 6.07 Å². The molecule has 0 atom stereocenters. The molecule has 0 aliphatic carbocycles. The molecule has 0 N–H and O–H groups in total. The molecule has 22 heavy (non-hydrogen) atoms. The van der Waals surface area contributed by atoms with Crippen LogP contribution < -0.4 is 0 Å². The van der Waals surface area contributed by atoms with Gasteiger partial charge in [0.05, 0.1) is 12.5 Å². The Morgan fingerprint density at radius 2 is 2.23 bits per heavy atom. The number of likely N-dealkylation sites (N-methyl/N-ethyl adjacent to an activating group) is 1. The molecule has 0 unspecified atom stereocenters. The van der Waals surface area contributed by atoms with E-state index >= 15 is 0 Å². The van der Waals surface area contributed by atoms with Gasteiger partial charge in [0.2, 0.25) is 0 Å². The van der Waals surface area contributed by atoms with Crippen molar-refractivity contribution in [3.8, 4) is 6.07 Å². The minimum atomic E-state index is -0.749. The Labute approximate surface area is 136 Å². The number of rotatable bonds is 6. The third kappa shape index (κ3) is 6.06. The molecule has 0 aliphatic heterocycles.